The predicted octanol–water partition coefficient (Wildman–Crippen LogP) is 1.53. The maximum atomic E-state index is 13.3. The third-order valence-electron chi connectivity index (χ3n) is 2.06. The Morgan fingerprint density at radius 2 is 2.06 bits per heavy atom. The van der Waals surface area contributed by atoms with E-state index in [-0.39, 0.29) is 11.1 Å². The van der Waals surface area contributed by atoms with Crippen molar-refractivity contribution in [3.05, 3.63) is 41.4 Å². The van der Waals surface area contributed by atoms with Gasteiger partial charge in [-0.15, -0.1) is 0 Å². The molecule has 0 fully saturated rings. The number of allylic oxidation sites excluding steroid dienone is 1. The fourth-order valence-corrected chi connectivity index (χ4v) is 1.17. The third kappa shape index (κ3) is 3.06. The molecule has 2 N–H and O–H groups in total. The lowest BCUT2D eigenvalue weighted by Crippen LogP contribution is -2.19. The minimum atomic E-state index is -0.648. The highest BCUT2D eigenvalue weighted by molar-refractivity contribution is 5.95. The van der Waals surface area contributed by atoms with Gasteiger partial charge < -0.3 is 10.6 Å². The maximum absolute atomic E-state index is 13.3. The van der Waals surface area contributed by atoms with Crippen LogP contribution in [-0.2, 0) is 0 Å². The monoisotopic (exact) mass is 244 g/mol. The second kappa shape index (κ2) is 6.02. The van der Waals surface area contributed by atoms with Crippen LogP contribution in [0.25, 0.3) is 0 Å². The van der Waals surface area contributed by atoms with Crippen LogP contribution < -0.4 is 10.6 Å². The molecule has 90 valence electrons. The number of nitrogens with one attached hydrogen (secondary N) is 2. The van der Waals surface area contributed by atoms with E-state index < -0.39 is 11.7 Å². The summed E-state index contributed by atoms with van der Waals surface area (Å²) in [6.45, 7) is 0. The van der Waals surface area contributed by atoms with E-state index in [0.29, 0.717) is 5.69 Å². The van der Waals surface area contributed by atoms with Crippen molar-refractivity contribution in [2.45, 2.75) is 0 Å². The normalized spacial score (nSPS) is 8.67. The average molecular weight is 244 g/mol. The summed E-state index contributed by atoms with van der Waals surface area (Å²) >= 11 is 0. The van der Waals surface area contributed by atoms with Gasteiger partial charge in [-0.3, -0.25) is 4.79 Å². The average Bonchev–Trinajstić information content (AvgIpc) is 2.40. The number of carbonyl (C=O) groups is 1. The van der Waals surface area contributed by atoms with E-state index in [4.69, 9.17) is 10.5 Å². The van der Waals surface area contributed by atoms with Crippen LogP contribution in [0.2, 0.25) is 0 Å². The van der Waals surface area contributed by atoms with Crippen LogP contribution in [-0.4, -0.2) is 13.0 Å². The molecule has 1 amide bonds. The Bertz CT molecular complexity index is 565. The highest BCUT2D eigenvalue weighted by Gasteiger charge is 2.10. The lowest BCUT2D eigenvalue weighted by molar-refractivity contribution is 0.0959. The molecule has 0 radical (unpaired) electrons. The fraction of sp³-hybridized carbons (Fsp3) is 0.0833. The predicted molar refractivity (Wildman–Crippen MR) is 62.7 cm³/mol. The summed E-state index contributed by atoms with van der Waals surface area (Å²) in [4.78, 5) is 11.3. The van der Waals surface area contributed by atoms with Gasteiger partial charge in [-0.05, 0) is 18.2 Å². The number of hydrogen-bond donors (Lipinski definition) is 2. The molecule has 0 aliphatic heterocycles. The van der Waals surface area contributed by atoms with Crippen LogP contribution in [0, 0.1) is 28.5 Å². The Labute approximate surface area is 103 Å². The number of hydrogen-bond acceptors (Lipinski definition) is 4. The molecule has 0 bridgehead atoms. The topological polar surface area (TPSA) is 88.7 Å². The van der Waals surface area contributed by atoms with E-state index in [1.807, 2.05) is 0 Å². The smallest absolute Gasteiger partial charge is 0.254 e. The largest absolute Gasteiger partial charge is 0.360 e. The summed E-state index contributed by atoms with van der Waals surface area (Å²) in [5, 5.41) is 22.0. The molecule has 0 saturated heterocycles. The zero-order valence-corrected chi connectivity index (χ0v) is 9.49. The number of anilines is 1. The molecule has 0 aromatic heterocycles. The summed E-state index contributed by atoms with van der Waals surface area (Å²) in [6, 6.07) is 7.14. The summed E-state index contributed by atoms with van der Waals surface area (Å²) in [7, 11) is 1.39. The summed E-state index contributed by atoms with van der Waals surface area (Å²) in [5.41, 5.74) is 0.158. The Morgan fingerprint density at radius 3 is 2.61 bits per heavy atom. The van der Waals surface area contributed by atoms with Gasteiger partial charge in [0.2, 0.25) is 0 Å². The summed E-state index contributed by atoms with van der Waals surface area (Å²) < 4.78 is 13.3. The molecule has 0 aliphatic carbocycles. The molecule has 0 heterocycles. The van der Waals surface area contributed by atoms with Crippen LogP contribution in [0.1, 0.15) is 10.4 Å². The van der Waals surface area contributed by atoms with E-state index in [0.717, 1.165) is 6.07 Å². The van der Waals surface area contributed by atoms with E-state index in [9.17, 15) is 9.18 Å². The number of halogens is 1. The lowest BCUT2D eigenvalue weighted by Gasteiger charge is -2.05. The lowest BCUT2D eigenvalue weighted by atomic mass is 10.1. The van der Waals surface area contributed by atoms with Crippen molar-refractivity contribution < 1.29 is 9.18 Å². The first-order chi connectivity index (χ1) is 8.62. The SMILES string of the molecule is CNC(=O)c1cc(NC=C(C#N)C#N)ccc1F. The maximum Gasteiger partial charge on any atom is 0.254 e. The highest BCUT2D eigenvalue weighted by atomic mass is 19.1. The van der Waals surface area contributed by atoms with Crippen molar-refractivity contribution in [2.24, 2.45) is 0 Å². The number of benzene rings is 1. The van der Waals surface area contributed by atoms with Crippen molar-refractivity contribution in [3.63, 3.8) is 0 Å². The van der Waals surface area contributed by atoms with E-state index in [2.05, 4.69) is 10.6 Å². The molecular weight excluding hydrogens is 235 g/mol. The molecule has 5 nitrogen and oxygen atoms in total. The van der Waals surface area contributed by atoms with Gasteiger partial charge in [0.05, 0.1) is 5.56 Å². The van der Waals surface area contributed by atoms with Gasteiger partial charge in [-0.1, -0.05) is 0 Å². The molecule has 1 rings (SSSR count). The second-order valence-electron chi connectivity index (χ2n) is 3.20. The van der Waals surface area contributed by atoms with Gasteiger partial charge in [0.15, 0.2) is 0 Å². The quantitative estimate of drug-likeness (QED) is 0.789. The molecule has 0 atom stereocenters. The minimum Gasteiger partial charge on any atom is -0.360 e. The van der Waals surface area contributed by atoms with Gasteiger partial charge in [0.25, 0.3) is 5.91 Å². The number of carbonyl (C=O) groups excluding carboxylic acids is 1. The van der Waals surface area contributed by atoms with Gasteiger partial charge in [-0.2, -0.15) is 10.5 Å². The van der Waals surface area contributed by atoms with Gasteiger partial charge >= 0.3 is 0 Å². The molecule has 0 saturated carbocycles. The third-order valence-corrected chi connectivity index (χ3v) is 2.06. The van der Waals surface area contributed by atoms with Crippen LogP contribution >= 0.6 is 0 Å². The van der Waals surface area contributed by atoms with Crippen LogP contribution in [0.5, 0.6) is 0 Å². The number of nitriles is 2. The molecule has 0 spiro atoms. The van der Waals surface area contributed by atoms with Crippen LogP contribution in [0.4, 0.5) is 10.1 Å². The Hall–Kier alpha value is -2.86. The van der Waals surface area contributed by atoms with Crippen LogP contribution in [0.3, 0.4) is 0 Å². The minimum absolute atomic E-state index is 0.119. The van der Waals surface area contributed by atoms with Gasteiger partial charge in [0.1, 0.15) is 23.5 Å². The van der Waals surface area contributed by atoms with Crippen LogP contribution in [0.15, 0.2) is 30.0 Å². The van der Waals surface area contributed by atoms with Crippen molar-refractivity contribution in [1.29, 1.82) is 10.5 Å². The van der Waals surface area contributed by atoms with Gasteiger partial charge in [-0.25, -0.2) is 4.39 Å². The van der Waals surface area contributed by atoms with Gasteiger partial charge in [0, 0.05) is 18.9 Å². The zero-order chi connectivity index (χ0) is 13.5. The Morgan fingerprint density at radius 1 is 1.39 bits per heavy atom. The van der Waals surface area contributed by atoms with Crippen molar-refractivity contribution in [2.75, 3.05) is 12.4 Å². The van der Waals surface area contributed by atoms with E-state index in [1.54, 1.807) is 12.1 Å². The first-order valence-electron chi connectivity index (χ1n) is 4.91. The molecule has 1 aromatic carbocycles. The zero-order valence-electron chi connectivity index (χ0n) is 9.49. The molecule has 0 aliphatic rings. The molecule has 18 heavy (non-hydrogen) atoms. The van der Waals surface area contributed by atoms with Crippen molar-refractivity contribution in [1.82, 2.24) is 5.32 Å². The van der Waals surface area contributed by atoms with Crippen molar-refractivity contribution >= 4 is 11.6 Å². The molecule has 6 heteroatoms. The van der Waals surface area contributed by atoms with E-state index in [1.165, 1.54) is 25.4 Å². The first-order valence-corrected chi connectivity index (χ1v) is 4.91. The number of nitrogens with zero attached hydrogens (tertiary/aromatic N) is 2. The Kier molecular flexibility index (Phi) is 4.42. The van der Waals surface area contributed by atoms with Crippen molar-refractivity contribution in [3.8, 4) is 12.1 Å². The molecule has 1 aromatic rings. The first kappa shape index (κ1) is 13.2. The Balaban J connectivity index is 3.01. The van der Waals surface area contributed by atoms with E-state index >= 15 is 0 Å². The second-order valence-corrected chi connectivity index (χ2v) is 3.20. The fourth-order valence-electron chi connectivity index (χ4n) is 1.17. The molecule has 0 unspecified atom stereocenters. The number of amides is 1. The summed E-state index contributed by atoms with van der Waals surface area (Å²) in [5.74, 6) is -1.20. The standard InChI is InChI=1S/C12H9FN4O/c1-16-12(18)10-4-9(2-3-11(10)13)17-7-8(5-14)6-15/h2-4,7,17H,1H3,(H,16,18). The number of rotatable bonds is 3. The highest BCUT2D eigenvalue weighted by Crippen LogP contribution is 2.15. The summed E-state index contributed by atoms with van der Waals surface area (Å²) in [6.07, 6.45) is 1.18. The molecular formula is C12H9FN4O.